The summed E-state index contributed by atoms with van der Waals surface area (Å²) in [7, 11) is 0. The number of halogens is 1. The first-order valence-corrected chi connectivity index (χ1v) is 8.61. The van der Waals surface area contributed by atoms with Gasteiger partial charge in [-0.15, -0.1) is 0 Å². The first-order chi connectivity index (χ1) is 11.9. The van der Waals surface area contributed by atoms with Crippen LogP contribution < -0.4 is 14.8 Å². The molecule has 0 saturated carbocycles. The largest absolute Gasteiger partial charge is 0.491 e. The summed E-state index contributed by atoms with van der Waals surface area (Å²) >= 11 is 5.87. The highest BCUT2D eigenvalue weighted by molar-refractivity contribution is 6.30. The average molecular weight is 362 g/mol. The Bertz CT molecular complexity index is 710. The third kappa shape index (κ3) is 6.31. The molecule has 25 heavy (non-hydrogen) atoms. The quantitative estimate of drug-likeness (QED) is 0.751. The van der Waals surface area contributed by atoms with E-state index in [4.69, 9.17) is 21.1 Å². The van der Waals surface area contributed by atoms with Gasteiger partial charge >= 0.3 is 0 Å². The van der Waals surface area contributed by atoms with Crippen molar-refractivity contribution in [1.82, 2.24) is 5.32 Å². The second kappa shape index (κ2) is 8.77. The van der Waals surface area contributed by atoms with Crippen LogP contribution >= 0.6 is 11.6 Å². The maximum absolute atomic E-state index is 11.8. The Labute approximate surface area is 154 Å². The molecule has 2 aromatic rings. The Balaban J connectivity index is 1.73. The van der Waals surface area contributed by atoms with Gasteiger partial charge < -0.3 is 14.8 Å². The van der Waals surface area contributed by atoms with Crippen LogP contribution in [0.25, 0.3) is 0 Å². The monoisotopic (exact) mass is 361 g/mol. The Kier molecular flexibility index (Phi) is 6.71. The molecule has 0 radical (unpaired) electrons. The van der Waals surface area contributed by atoms with Crippen molar-refractivity contribution in [2.75, 3.05) is 19.8 Å². The number of carbonyl (C=O) groups excluding carboxylic acids is 1. The molecule has 0 aliphatic rings. The molecule has 134 valence electrons. The van der Waals surface area contributed by atoms with Crippen molar-refractivity contribution in [2.45, 2.75) is 26.2 Å². The maximum Gasteiger partial charge on any atom is 0.258 e. The lowest BCUT2D eigenvalue weighted by Crippen LogP contribution is -2.32. The molecule has 0 aliphatic heterocycles. The fraction of sp³-hybridized carbons (Fsp3) is 0.350. The molecule has 0 saturated heterocycles. The van der Waals surface area contributed by atoms with E-state index >= 15 is 0 Å². The topological polar surface area (TPSA) is 47.6 Å². The molecule has 1 amide bonds. The molecule has 0 spiro atoms. The van der Waals surface area contributed by atoms with E-state index in [0.717, 1.165) is 11.3 Å². The van der Waals surface area contributed by atoms with Crippen molar-refractivity contribution in [1.29, 1.82) is 0 Å². The molecule has 5 heteroatoms. The van der Waals surface area contributed by atoms with E-state index in [2.05, 4.69) is 32.2 Å². The number of rotatable bonds is 7. The smallest absolute Gasteiger partial charge is 0.258 e. The zero-order valence-electron chi connectivity index (χ0n) is 14.8. The number of hydrogen-bond acceptors (Lipinski definition) is 3. The molecule has 4 nitrogen and oxygen atoms in total. The highest BCUT2D eigenvalue weighted by atomic mass is 35.5. The summed E-state index contributed by atoms with van der Waals surface area (Å²) in [4.78, 5) is 11.8. The Morgan fingerprint density at radius 1 is 1.08 bits per heavy atom. The number of benzene rings is 2. The summed E-state index contributed by atoms with van der Waals surface area (Å²) in [5, 5.41) is 3.35. The Hall–Kier alpha value is -2.20. The minimum Gasteiger partial charge on any atom is -0.491 e. The summed E-state index contributed by atoms with van der Waals surface area (Å²) in [5.41, 5.74) is 1.15. The van der Waals surface area contributed by atoms with Gasteiger partial charge in [-0.1, -0.05) is 56.6 Å². The standard InChI is InChI=1S/C20H24ClNO3/c1-20(2,3)17-9-4-5-10-18(17)24-12-11-22-19(23)14-25-16-8-6-7-15(21)13-16/h4-10,13H,11-12,14H2,1-3H3,(H,22,23). The van der Waals surface area contributed by atoms with Crippen molar-refractivity contribution < 1.29 is 14.3 Å². The van der Waals surface area contributed by atoms with Gasteiger partial charge in [0.1, 0.15) is 18.1 Å². The maximum atomic E-state index is 11.8. The van der Waals surface area contributed by atoms with Crippen molar-refractivity contribution in [3.05, 3.63) is 59.1 Å². The van der Waals surface area contributed by atoms with Crippen LogP contribution in [0.3, 0.4) is 0 Å². The highest BCUT2D eigenvalue weighted by Crippen LogP contribution is 2.30. The molecule has 0 bridgehead atoms. The zero-order chi connectivity index (χ0) is 18.3. The number of ether oxygens (including phenoxy) is 2. The molecular weight excluding hydrogens is 338 g/mol. The van der Waals surface area contributed by atoms with E-state index in [9.17, 15) is 4.79 Å². The van der Waals surface area contributed by atoms with Crippen LogP contribution in [0.15, 0.2) is 48.5 Å². The van der Waals surface area contributed by atoms with Gasteiger partial charge in [0.2, 0.25) is 0 Å². The third-order valence-corrected chi connectivity index (χ3v) is 3.78. The lowest BCUT2D eigenvalue weighted by Gasteiger charge is -2.22. The molecule has 0 unspecified atom stereocenters. The molecule has 2 rings (SSSR count). The summed E-state index contributed by atoms with van der Waals surface area (Å²) in [6.45, 7) is 7.18. The number of carbonyl (C=O) groups is 1. The van der Waals surface area contributed by atoms with E-state index < -0.39 is 0 Å². The predicted octanol–water partition coefficient (Wildman–Crippen LogP) is 4.21. The van der Waals surface area contributed by atoms with Gasteiger partial charge in [0, 0.05) is 5.02 Å². The number of amides is 1. The van der Waals surface area contributed by atoms with Crippen LogP contribution in [0.1, 0.15) is 26.3 Å². The van der Waals surface area contributed by atoms with Crippen LogP contribution in [0.2, 0.25) is 5.02 Å². The first-order valence-electron chi connectivity index (χ1n) is 8.23. The zero-order valence-corrected chi connectivity index (χ0v) is 15.6. The summed E-state index contributed by atoms with van der Waals surface area (Å²) in [6.07, 6.45) is 0. The highest BCUT2D eigenvalue weighted by Gasteiger charge is 2.18. The van der Waals surface area contributed by atoms with E-state index in [-0.39, 0.29) is 17.9 Å². The Morgan fingerprint density at radius 3 is 2.56 bits per heavy atom. The third-order valence-electron chi connectivity index (χ3n) is 3.54. The molecule has 2 aromatic carbocycles. The van der Waals surface area contributed by atoms with Crippen LogP contribution in [0, 0.1) is 0 Å². The van der Waals surface area contributed by atoms with Gasteiger partial charge in [0.05, 0.1) is 6.54 Å². The number of nitrogens with one attached hydrogen (secondary N) is 1. The predicted molar refractivity (Wildman–Crippen MR) is 101 cm³/mol. The van der Waals surface area contributed by atoms with E-state index in [0.29, 0.717) is 23.9 Å². The second-order valence-corrected chi connectivity index (χ2v) is 7.13. The Morgan fingerprint density at radius 2 is 1.84 bits per heavy atom. The SMILES string of the molecule is CC(C)(C)c1ccccc1OCCNC(=O)COc1cccc(Cl)c1. The van der Waals surface area contributed by atoms with E-state index in [1.165, 1.54) is 0 Å². The molecule has 0 aliphatic carbocycles. The lowest BCUT2D eigenvalue weighted by molar-refractivity contribution is -0.123. The van der Waals surface area contributed by atoms with Crippen molar-refractivity contribution in [3.8, 4) is 11.5 Å². The fourth-order valence-electron chi connectivity index (χ4n) is 2.32. The number of para-hydroxylation sites is 1. The number of hydrogen-bond donors (Lipinski definition) is 1. The summed E-state index contributed by atoms with van der Waals surface area (Å²) < 4.78 is 11.2. The summed E-state index contributed by atoms with van der Waals surface area (Å²) in [5.74, 6) is 1.21. The lowest BCUT2D eigenvalue weighted by atomic mass is 9.86. The second-order valence-electron chi connectivity index (χ2n) is 6.69. The first kappa shape index (κ1) is 19.1. The van der Waals surface area contributed by atoms with Gasteiger partial charge in [-0.3, -0.25) is 4.79 Å². The van der Waals surface area contributed by atoms with Crippen molar-refractivity contribution >= 4 is 17.5 Å². The van der Waals surface area contributed by atoms with Crippen molar-refractivity contribution in [3.63, 3.8) is 0 Å². The normalized spacial score (nSPS) is 11.0. The summed E-state index contributed by atoms with van der Waals surface area (Å²) in [6, 6.07) is 14.9. The van der Waals surface area contributed by atoms with E-state index in [1.807, 2.05) is 18.2 Å². The van der Waals surface area contributed by atoms with Crippen molar-refractivity contribution in [2.24, 2.45) is 0 Å². The molecule has 0 heterocycles. The van der Waals surface area contributed by atoms with Crippen LogP contribution in [0.5, 0.6) is 11.5 Å². The van der Waals surface area contributed by atoms with Crippen LogP contribution in [-0.2, 0) is 10.2 Å². The van der Waals surface area contributed by atoms with Gasteiger partial charge in [-0.2, -0.15) is 0 Å². The van der Waals surface area contributed by atoms with Gasteiger partial charge in [0.15, 0.2) is 6.61 Å². The molecule has 0 fully saturated rings. The minimum atomic E-state index is -0.201. The fourth-order valence-corrected chi connectivity index (χ4v) is 2.50. The van der Waals surface area contributed by atoms with Gasteiger partial charge in [-0.25, -0.2) is 0 Å². The van der Waals surface area contributed by atoms with E-state index in [1.54, 1.807) is 24.3 Å². The minimum absolute atomic E-state index is 0.00460. The van der Waals surface area contributed by atoms with Gasteiger partial charge in [0.25, 0.3) is 5.91 Å². The van der Waals surface area contributed by atoms with Crippen LogP contribution in [-0.4, -0.2) is 25.7 Å². The molecule has 1 N–H and O–H groups in total. The molecule has 0 atom stereocenters. The molecule has 0 aromatic heterocycles. The average Bonchev–Trinajstić information content (AvgIpc) is 2.56. The van der Waals surface area contributed by atoms with Crippen LogP contribution in [0.4, 0.5) is 0 Å². The van der Waals surface area contributed by atoms with Gasteiger partial charge in [-0.05, 0) is 35.2 Å². The molecular formula is C20H24ClNO3.